The molecule has 2 heterocycles. The predicted octanol–water partition coefficient (Wildman–Crippen LogP) is 4.38. The minimum absolute atomic E-state index is 0.0634. The van der Waals surface area contributed by atoms with Crippen molar-refractivity contribution in [2.75, 3.05) is 32.2 Å². The van der Waals surface area contributed by atoms with Crippen molar-refractivity contribution in [1.29, 1.82) is 0 Å². The zero-order valence-electron chi connectivity index (χ0n) is 16.0. The smallest absolute Gasteiger partial charge is 0.418 e. The summed E-state index contributed by atoms with van der Waals surface area (Å²) < 4.78 is 55.9. The van der Waals surface area contributed by atoms with Crippen molar-refractivity contribution in [2.24, 2.45) is 0 Å². The number of halogens is 3. The molecule has 6 nitrogen and oxygen atoms in total. The average Bonchev–Trinajstić information content (AvgIpc) is 3.11. The first kappa shape index (κ1) is 20.3. The third-order valence-electron chi connectivity index (χ3n) is 4.73. The number of anilines is 1. The van der Waals surface area contributed by atoms with Crippen LogP contribution in [0, 0.1) is 0 Å². The molecule has 0 radical (unpaired) electrons. The van der Waals surface area contributed by atoms with Crippen LogP contribution in [0.3, 0.4) is 0 Å². The van der Waals surface area contributed by atoms with E-state index in [2.05, 4.69) is 4.98 Å². The number of ether oxygens (including phenoxy) is 3. The Balaban J connectivity index is 1.45. The normalized spacial score (nSPS) is 14.5. The number of alkyl halides is 3. The van der Waals surface area contributed by atoms with Crippen LogP contribution in [0.25, 0.3) is 10.2 Å². The molecule has 1 aliphatic heterocycles. The molecule has 3 aromatic rings. The van der Waals surface area contributed by atoms with Gasteiger partial charge in [0.15, 0.2) is 16.6 Å². The van der Waals surface area contributed by atoms with Gasteiger partial charge in [0.25, 0.3) is 0 Å². The summed E-state index contributed by atoms with van der Waals surface area (Å²) in [6.45, 7) is 0.693. The molecule has 158 valence electrons. The lowest BCUT2D eigenvalue weighted by Gasteiger charge is -2.38. The number of thiazole rings is 1. The zero-order valence-corrected chi connectivity index (χ0v) is 16.8. The maximum atomic E-state index is 13.2. The molecule has 0 spiro atoms. The first-order valence-electron chi connectivity index (χ1n) is 8.95. The molecule has 0 N–H and O–H groups in total. The van der Waals surface area contributed by atoms with Crippen LogP contribution in [0.1, 0.15) is 15.9 Å². The van der Waals surface area contributed by atoms with E-state index in [-0.39, 0.29) is 16.8 Å². The topological polar surface area (TPSA) is 60.9 Å². The van der Waals surface area contributed by atoms with E-state index in [0.29, 0.717) is 28.7 Å². The fourth-order valence-electron chi connectivity index (χ4n) is 3.23. The van der Waals surface area contributed by atoms with E-state index in [1.807, 2.05) is 0 Å². The van der Waals surface area contributed by atoms with E-state index >= 15 is 0 Å². The van der Waals surface area contributed by atoms with Gasteiger partial charge < -0.3 is 19.1 Å². The van der Waals surface area contributed by atoms with Crippen molar-refractivity contribution in [3.63, 3.8) is 0 Å². The van der Waals surface area contributed by atoms with Crippen molar-refractivity contribution in [1.82, 2.24) is 4.98 Å². The first-order chi connectivity index (χ1) is 14.3. The average molecular weight is 438 g/mol. The van der Waals surface area contributed by atoms with Gasteiger partial charge in [0.2, 0.25) is 0 Å². The number of aromatic nitrogens is 1. The number of benzene rings is 2. The maximum Gasteiger partial charge on any atom is 0.418 e. The highest BCUT2D eigenvalue weighted by Gasteiger charge is 2.36. The number of hydrogen-bond acceptors (Lipinski definition) is 7. The van der Waals surface area contributed by atoms with E-state index < -0.39 is 23.8 Å². The van der Waals surface area contributed by atoms with Crippen LogP contribution in [0.5, 0.6) is 11.5 Å². The van der Waals surface area contributed by atoms with Gasteiger partial charge in [-0.25, -0.2) is 9.78 Å². The van der Waals surface area contributed by atoms with Gasteiger partial charge in [-0.1, -0.05) is 23.5 Å². The number of rotatable bonds is 5. The second-order valence-electron chi connectivity index (χ2n) is 6.62. The van der Waals surface area contributed by atoms with Crippen LogP contribution in [-0.2, 0) is 10.9 Å². The van der Waals surface area contributed by atoms with Crippen LogP contribution >= 0.6 is 11.3 Å². The SMILES string of the molecule is COc1cccc(C(=O)OC2CN(c3nc4c(C(F)(F)F)cccc4s3)C2)c1OC. The molecule has 0 bridgehead atoms. The third kappa shape index (κ3) is 3.62. The minimum Gasteiger partial charge on any atom is -0.493 e. The molecular weight excluding hydrogens is 421 g/mol. The fraction of sp³-hybridized carbons (Fsp3) is 0.300. The Labute approximate surface area is 173 Å². The summed E-state index contributed by atoms with van der Waals surface area (Å²) in [6, 6.07) is 8.90. The quantitative estimate of drug-likeness (QED) is 0.551. The summed E-state index contributed by atoms with van der Waals surface area (Å²) >= 11 is 1.18. The van der Waals surface area contributed by atoms with E-state index in [0.717, 1.165) is 6.07 Å². The summed E-state index contributed by atoms with van der Waals surface area (Å²) in [5.41, 5.74) is -0.576. The molecule has 0 amide bonds. The molecule has 0 aliphatic carbocycles. The highest BCUT2D eigenvalue weighted by molar-refractivity contribution is 7.22. The Hall–Kier alpha value is -3.01. The predicted molar refractivity (Wildman–Crippen MR) is 106 cm³/mol. The van der Waals surface area contributed by atoms with E-state index in [4.69, 9.17) is 14.2 Å². The van der Waals surface area contributed by atoms with Crippen LogP contribution < -0.4 is 14.4 Å². The number of hydrogen-bond donors (Lipinski definition) is 0. The highest BCUT2D eigenvalue weighted by atomic mass is 32.1. The van der Waals surface area contributed by atoms with Crippen molar-refractivity contribution in [3.05, 3.63) is 47.5 Å². The molecular formula is C20H17F3N2O4S. The van der Waals surface area contributed by atoms with Crippen molar-refractivity contribution < 1.29 is 32.2 Å². The minimum atomic E-state index is -4.46. The summed E-state index contributed by atoms with van der Waals surface area (Å²) in [5.74, 6) is 0.142. The van der Waals surface area contributed by atoms with Crippen molar-refractivity contribution >= 4 is 32.7 Å². The summed E-state index contributed by atoms with van der Waals surface area (Å²) in [6.07, 6.45) is -4.87. The lowest BCUT2D eigenvalue weighted by Crippen LogP contribution is -2.53. The number of carbonyl (C=O) groups is 1. The Morgan fingerprint density at radius 2 is 1.87 bits per heavy atom. The maximum absolute atomic E-state index is 13.2. The third-order valence-corrected chi connectivity index (χ3v) is 5.81. The lowest BCUT2D eigenvalue weighted by atomic mass is 10.1. The Morgan fingerprint density at radius 3 is 2.53 bits per heavy atom. The number of esters is 1. The molecule has 0 atom stereocenters. The first-order valence-corrected chi connectivity index (χ1v) is 9.77. The second kappa shape index (κ2) is 7.67. The van der Waals surface area contributed by atoms with E-state index in [9.17, 15) is 18.0 Å². The number of carbonyl (C=O) groups excluding carboxylic acids is 1. The summed E-state index contributed by atoms with van der Waals surface area (Å²) in [7, 11) is 2.90. The van der Waals surface area contributed by atoms with Crippen LogP contribution in [0.2, 0.25) is 0 Å². The van der Waals surface area contributed by atoms with Gasteiger partial charge >= 0.3 is 12.1 Å². The van der Waals surface area contributed by atoms with Crippen molar-refractivity contribution in [3.8, 4) is 11.5 Å². The molecule has 1 aliphatic rings. The molecule has 1 aromatic heterocycles. The van der Waals surface area contributed by atoms with Gasteiger partial charge in [-0.15, -0.1) is 0 Å². The van der Waals surface area contributed by atoms with Gasteiger partial charge in [-0.05, 0) is 24.3 Å². The fourth-order valence-corrected chi connectivity index (χ4v) is 4.24. The molecule has 1 saturated heterocycles. The number of para-hydroxylation sites is 2. The Morgan fingerprint density at radius 1 is 1.13 bits per heavy atom. The van der Waals surface area contributed by atoms with Crippen LogP contribution in [-0.4, -0.2) is 44.4 Å². The van der Waals surface area contributed by atoms with Crippen LogP contribution in [0.4, 0.5) is 18.3 Å². The number of methoxy groups -OCH3 is 2. The van der Waals surface area contributed by atoms with Crippen molar-refractivity contribution in [2.45, 2.75) is 12.3 Å². The second-order valence-corrected chi connectivity index (χ2v) is 7.63. The highest BCUT2D eigenvalue weighted by Crippen LogP contribution is 2.39. The monoisotopic (exact) mass is 438 g/mol. The van der Waals surface area contributed by atoms with Gasteiger partial charge in [-0.2, -0.15) is 13.2 Å². The van der Waals surface area contributed by atoms with E-state index in [1.165, 1.54) is 31.6 Å². The number of nitrogens with zero attached hydrogens (tertiary/aromatic N) is 2. The Kier molecular flexibility index (Phi) is 5.19. The van der Waals surface area contributed by atoms with Gasteiger partial charge in [0.05, 0.1) is 43.1 Å². The Bertz CT molecular complexity index is 1090. The summed E-state index contributed by atoms with van der Waals surface area (Å²) in [5, 5.41) is 0.466. The molecule has 1 fully saturated rings. The van der Waals surface area contributed by atoms with Crippen LogP contribution in [0.15, 0.2) is 36.4 Å². The largest absolute Gasteiger partial charge is 0.493 e. The zero-order chi connectivity index (χ0) is 21.5. The summed E-state index contributed by atoms with van der Waals surface area (Å²) in [4.78, 5) is 18.5. The standard InChI is InChI=1S/C20H17F3N2O4S/c1-27-14-7-3-5-12(17(14)28-2)18(26)29-11-9-25(10-11)19-24-16-13(20(21,22)23)6-4-8-15(16)30-19/h3-8,11H,9-10H2,1-2H3. The molecule has 10 heteroatoms. The lowest BCUT2D eigenvalue weighted by molar-refractivity contribution is -0.136. The van der Waals surface area contributed by atoms with Gasteiger partial charge in [0, 0.05) is 0 Å². The molecule has 30 heavy (non-hydrogen) atoms. The molecule has 0 saturated carbocycles. The van der Waals surface area contributed by atoms with E-state index in [1.54, 1.807) is 29.2 Å². The molecule has 0 unspecified atom stereocenters. The van der Waals surface area contributed by atoms with Gasteiger partial charge in [0.1, 0.15) is 11.7 Å². The van der Waals surface area contributed by atoms with Gasteiger partial charge in [-0.3, -0.25) is 0 Å². The molecule has 4 rings (SSSR count). The number of fused-ring (bicyclic) bond motifs is 1. The molecule has 2 aromatic carbocycles.